The summed E-state index contributed by atoms with van der Waals surface area (Å²) in [5, 5.41) is 0. The molecular weight excluding hydrogens is 234 g/mol. The fourth-order valence-corrected chi connectivity index (χ4v) is 2.19. The Hall–Kier alpha value is -1.96. The number of hydrogen-bond donors (Lipinski definition) is 0. The highest BCUT2D eigenvalue weighted by atomic mass is 16.1. The van der Waals surface area contributed by atoms with Crippen molar-refractivity contribution in [3.8, 4) is 0 Å². The Balaban J connectivity index is 2.32. The van der Waals surface area contributed by atoms with E-state index in [1.807, 2.05) is 25.1 Å². The van der Waals surface area contributed by atoms with Gasteiger partial charge < -0.3 is 0 Å². The number of carbonyl (C=O) groups excluding carboxylic acids is 1. The lowest BCUT2D eigenvalue weighted by Crippen LogP contribution is -2.05. The maximum absolute atomic E-state index is 12.5. The van der Waals surface area contributed by atoms with Gasteiger partial charge in [0.15, 0.2) is 5.78 Å². The Morgan fingerprint density at radius 1 is 1.26 bits per heavy atom. The highest BCUT2D eigenvalue weighted by Crippen LogP contribution is 2.16. The molecule has 1 aromatic carbocycles. The molecule has 2 nitrogen and oxygen atoms in total. The summed E-state index contributed by atoms with van der Waals surface area (Å²) in [7, 11) is 0. The van der Waals surface area contributed by atoms with E-state index in [4.69, 9.17) is 0 Å². The minimum Gasteiger partial charge on any atom is -0.289 e. The van der Waals surface area contributed by atoms with E-state index in [9.17, 15) is 4.79 Å². The van der Waals surface area contributed by atoms with Crippen LogP contribution in [0, 0.1) is 12.8 Å². The van der Waals surface area contributed by atoms with E-state index < -0.39 is 0 Å². The number of rotatable bonds is 4. The van der Waals surface area contributed by atoms with Gasteiger partial charge in [-0.2, -0.15) is 0 Å². The van der Waals surface area contributed by atoms with Gasteiger partial charge in [0.1, 0.15) is 0 Å². The van der Waals surface area contributed by atoms with E-state index >= 15 is 0 Å². The Kier molecular flexibility index (Phi) is 4.10. The summed E-state index contributed by atoms with van der Waals surface area (Å²) in [6, 6.07) is 9.71. The summed E-state index contributed by atoms with van der Waals surface area (Å²) in [4.78, 5) is 16.5. The standard InChI is InChI=1S/C17H19NO/c1-12(2)9-14-5-4-6-15(10-14)17(19)16-7-8-18-11-13(16)3/h4-8,10-12H,9H2,1-3H3. The topological polar surface area (TPSA) is 30.0 Å². The molecule has 2 heteroatoms. The minimum absolute atomic E-state index is 0.0745. The summed E-state index contributed by atoms with van der Waals surface area (Å²) in [5.41, 5.74) is 3.62. The maximum atomic E-state index is 12.5. The van der Waals surface area contributed by atoms with Crippen molar-refractivity contribution < 1.29 is 4.79 Å². The fraction of sp³-hybridized carbons (Fsp3) is 0.294. The van der Waals surface area contributed by atoms with E-state index in [0.29, 0.717) is 5.92 Å². The van der Waals surface area contributed by atoms with Gasteiger partial charge in [0, 0.05) is 23.5 Å². The van der Waals surface area contributed by atoms with E-state index in [1.165, 1.54) is 5.56 Å². The first-order valence-electron chi connectivity index (χ1n) is 6.62. The van der Waals surface area contributed by atoms with Gasteiger partial charge in [0.2, 0.25) is 0 Å². The second-order valence-corrected chi connectivity index (χ2v) is 5.32. The van der Waals surface area contributed by atoms with Crippen molar-refractivity contribution in [2.75, 3.05) is 0 Å². The molecule has 0 fully saturated rings. The third kappa shape index (κ3) is 3.28. The number of benzene rings is 1. The molecule has 0 aliphatic carbocycles. The number of nitrogens with zero attached hydrogens (tertiary/aromatic N) is 1. The lowest BCUT2D eigenvalue weighted by Gasteiger charge is -2.08. The first-order valence-corrected chi connectivity index (χ1v) is 6.62. The number of hydrogen-bond acceptors (Lipinski definition) is 2. The van der Waals surface area contributed by atoms with Crippen LogP contribution < -0.4 is 0 Å². The molecule has 0 saturated heterocycles. The van der Waals surface area contributed by atoms with Crippen LogP contribution in [0.1, 0.15) is 40.9 Å². The lowest BCUT2D eigenvalue weighted by atomic mass is 9.96. The Labute approximate surface area is 114 Å². The first kappa shape index (κ1) is 13.5. The van der Waals surface area contributed by atoms with Crippen molar-refractivity contribution >= 4 is 5.78 Å². The highest BCUT2D eigenvalue weighted by Gasteiger charge is 2.12. The molecule has 0 bridgehead atoms. The fourth-order valence-electron chi connectivity index (χ4n) is 2.19. The quantitative estimate of drug-likeness (QED) is 0.775. The van der Waals surface area contributed by atoms with Gasteiger partial charge in [-0.1, -0.05) is 32.0 Å². The largest absolute Gasteiger partial charge is 0.289 e. The second-order valence-electron chi connectivity index (χ2n) is 5.32. The number of aromatic nitrogens is 1. The molecule has 0 saturated carbocycles. The van der Waals surface area contributed by atoms with E-state index in [-0.39, 0.29) is 5.78 Å². The van der Waals surface area contributed by atoms with Gasteiger partial charge in [-0.05, 0) is 42.5 Å². The molecule has 98 valence electrons. The average molecular weight is 253 g/mol. The van der Waals surface area contributed by atoms with Crippen LogP contribution in [0.5, 0.6) is 0 Å². The van der Waals surface area contributed by atoms with Crippen molar-refractivity contribution in [1.29, 1.82) is 0 Å². The maximum Gasteiger partial charge on any atom is 0.193 e. The van der Waals surface area contributed by atoms with Crippen molar-refractivity contribution in [1.82, 2.24) is 4.98 Å². The van der Waals surface area contributed by atoms with Crippen LogP contribution in [-0.4, -0.2) is 10.8 Å². The predicted octanol–water partition coefficient (Wildman–Crippen LogP) is 3.82. The van der Waals surface area contributed by atoms with Crippen LogP contribution in [-0.2, 0) is 6.42 Å². The minimum atomic E-state index is 0.0745. The van der Waals surface area contributed by atoms with Crippen LogP contribution in [0.15, 0.2) is 42.7 Å². The summed E-state index contributed by atoms with van der Waals surface area (Å²) >= 11 is 0. The summed E-state index contributed by atoms with van der Waals surface area (Å²) in [5.74, 6) is 0.665. The molecule has 1 heterocycles. The average Bonchev–Trinajstić information content (AvgIpc) is 2.38. The number of pyridine rings is 1. The molecule has 0 atom stereocenters. The summed E-state index contributed by atoms with van der Waals surface area (Å²) in [6.45, 7) is 6.28. The van der Waals surface area contributed by atoms with Crippen molar-refractivity contribution in [2.24, 2.45) is 5.92 Å². The molecule has 19 heavy (non-hydrogen) atoms. The Morgan fingerprint density at radius 3 is 2.74 bits per heavy atom. The van der Waals surface area contributed by atoms with Crippen LogP contribution in [0.25, 0.3) is 0 Å². The number of ketones is 1. The van der Waals surface area contributed by atoms with Gasteiger partial charge >= 0.3 is 0 Å². The molecule has 1 aromatic heterocycles. The van der Waals surface area contributed by atoms with Gasteiger partial charge in [0.05, 0.1) is 0 Å². The molecule has 0 spiro atoms. The Morgan fingerprint density at radius 2 is 2.05 bits per heavy atom. The lowest BCUT2D eigenvalue weighted by molar-refractivity contribution is 0.103. The van der Waals surface area contributed by atoms with Crippen LogP contribution in [0.4, 0.5) is 0 Å². The van der Waals surface area contributed by atoms with Crippen molar-refractivity contribution in [3.05, 3.63) is 65.0 Å². The zero-order valence-electron chi connectivity index (χ0n) is 11.7. The predicted molar refractivity (Wildman–Crippen MR) is 77.4 cm³/mol. The molecule has 0 N–H and O–H groups in total. The normalized spacial score (nSPS) is 10.7. The van der Waals surface area contributed by atoms with Crippen LogP contribution in [0.3, 0.4) is 0 Å². The molecule has 2 rings (SSSR count). The van der Waals surface area contributed by atoms with Gasteiger partial charge in [-0.15, -0.1) is 0 Å². The first-order chi connectivity index (χ1) is 9.08. The highest BCUT2D eigenvalue weighted by molar-refractivity contribution is 6.09. The molecule has 0 radical (unpaired) electrons. The van der Waals surface area contributed by atoms with E-state index in [1.54, 1.807) is 18.5 Å². The monoisotopic (exact) mass is 253 g/mol. The van der Waals surface area contributed by atoms with Gasteiger partial charge in [0.25, 0.3) is 0 Å². The van der Waals surface area contributed by atoms with Gasteiger partial charge in [-0.3, -0.25) is 9.78 Å². The molecule has 0 aliphatic heterocycles. The number of carbonyl (C=O) groups is 1. The second kappa shape index (κ2) is 5.79. The third-order valence-corrected chi connectivity index (χ3v) is 3.10. The molecule has 0 unspecified atom stereocenters. The van der Waals surface area contributed by atoms with Crippen molar-refractivity contribution in [2.45, 2.75) is 27.2 Å². The molecule has 0 amide bonds. The van der Waals surface area contributed by atoms with E-state index in [0.717, 1.165) is 23.1 Å². The van der Waals surface area contributed by atoms with Crippen molar-refractivity contribution in [3.63, 3.8) is 0 Å². The third-order valence-electron chi connectivity index (χ3n) is 3.10. The molecule has 2 aromatic rings. The zero-order valence-corrected chi connectivity index (χ0v) is 11.7. The van der Waals surface area contributed by atoms with Crippen LogP contribution in [0.2, 0.25) is 0 Å². The van der Waals surface area contributed by atoms with Gasteiger partial charge in [-0.25, -0.2) is 0 Å². The molecular formula is C17H19NO. The van der Waals surface area contributed by atoms with Crippen LogP contribution >= 0.6 is 0 Å². The SMILES string of the molecule is Cc1cnccc1C(=O)c1cccc(CC(C)C)c1. The molecule has 0 aliphatic rings. The van der Waals surface area contributed by atoms with E-state index in [2.05, 4.69) is 24.9 Å². The summed E-state index contributed by atoms with van der Waals surface area (Å²) < 4.78 is 0. The number of aryl methyl sites for hydroxylation is 1. The smallest absolute Gasteiger partial charge is 0.193 e. The Bertz CT molecular complexity index is 587. The zero-order chi connectivity index (χ0) is 13.8. The summed E-state index contributed by atoms with van der Waals surface area (Å²) in [6.07, 6.45) is 4.39.